The van der Waals surface area contributed by atoms with Gasteiger partial charge in [-0.05, 0) is 24.1 Å². The maximum Gasteiger partial charge on any atom is 0.307 e. The number of nitrogens with zero attached hydrogens (tertiary/aromatic N) is 1. The first kappa shape index (κ1) is 14.0. The summed E-state index contributed by atoms with van der Waals surface area (Å²) in [4.78, 5) is 10.7. The summed E-state index contributed by atoms with van der Waals surface area (Å²) in [7, 11) is -3.59. The fourth-order valence-corrected chi connectivity index (χ4v) is 3.52. The van der Waals surface area contributed by atoms with Gasteiger partial charge < -0.3 is 10.2 Å². The molecule has 7 heteroatoms. The molecule has 0 unspecified atom stereocenters. The summed E-state index contributed by atoms with van der Waals surface area (Å²) in [5.74, 6) is -0.960. The number of sulfonamides is 1. The molecule has 1 aromatic carbocycles. The van der Waals surface area contributed by atoms with Crippen molar-refractivity contribution >= 4 is 16.0 Å². The summed E-state index contributed by atoms with van der Waals surface area (Å²) in [6, 6.07) is 5.79. The number of aliphatic carboxylic acids is 1. The molecule has 1 saturated heterocycles. The van der Waals surface area contributed by atoms with Crippen molar-refractivity contribution < 1.29 is 23.4 Å². The van der Waals surface area contributed by atoms with Crippen LogP contribution in [-0.4, -0.2) is 48.1 Å². The molecule has 0 spiro atoms. The van der Waals surface area contributed by atoms with Crippen molar-refractivity contribution in [2.45, 2.75) is 23.8 Å². The van der Waals surface area contributed by atoms with Crippen molar-refractivity contribution in [3.05, 3.63) is 29.8 Å². The Bertz CT molecular complexity index is 566. The largest absolute Gasteiger partial charge is 0.481 e. The molecule has 1 aliphatic rings. The average Bonchev–Trinajstić information content (AvgIpc) is 2.76. The highest BCUT2D eigenvalue weighted by atomic mass is 32.2. The zero-order valence-corrected chi connectivity index (χ0v) is 11.0. The first-order valence-electron chi connectivity index (χ1n) is 5.88. The fraction of sp³-hybridized carbons (Fsp3) is 0.417. The van der Waals surface area contributed by atoms with Crippen LogP contribution in [0.4, 0.5) is 0 Å². The van der Waals surface area contributed by atoms with Crippen molar-refractivity contribution in [1.82, 2.24) is 4.31 Å². The number of hydrogen-bond donors (Lipinski definition) is 2. The van der Waals surface area contributed by atoms with E-state index in [-0.39, 0.29) is 17.9 Å². The lowest BCUT2D eigenvalue weighted by Gasteiger charge is -2.15. The van der Waals surface area contributed by atoms with Crippen molar-refractivity contribution in [3.63, 3.8) is 0 Å². The zero-order chi connectivity index (χ0) is 14.0. The second-order valence-electron chi connectivity index (χ2n) is 4.52. The molecule has 2 rings (SSSR count). The van der Waals surface area contributed by atoms with Crippen LogP contribution in [-0.2, 0) is 21.2 Å². The normalized spacial score (nSPS) is 20.6. The van der Waals surface area contributed by atoms with Gasteiger partial charge in [-0.2, -0.15) is 4.31 Å². The van der Waals surface area contributed by atoms with Gasteiger partial charge in [0.05, 0.1) is 17.4 Å². The SMILES string of the molecule is O=C(O)Cc1ccc(S(=O)(=O)N2CC[C@H](O)C2)cc1. The number of carbonyl (C=O) groups is 1. The van der Waals surface area contributed by atoms with Crippen LogP contribution < -0.4 is 0 Å². The summed E-state index contributed by atoms with van der Waals surface area (Å²) in [5, 5.41) is 18.0. The standard InChI is InChI=1S/C12H15NO5S/c14-10-5-6-13(8-10)19(17,18)11-3-1-9(2-4-11)7-12(15)16/h1-4,10,14H,5-8H2,(H,15,16)/t10-/m0/s1. The molecule has 1 aliphatic heterocycles. The fourth-order valence-electron chi connectivity index (χ4n) is 2.03. The molecule has 19 heavy (non-hydrogen) atoms. The van der Waals surface area contributed by atoms with Crippen LogP contribution in [0.2, 0.25) is 0 Å². The van der Waals surface area contributed by atoms with Gasteiger partial charge in [-0.25, -0.2) is 8.42 Å². The summed E-state index contributed by atoms with van der Waals surface area (Å²) in [5.41, 5.74) is 0.549. The molecule has 1 atom stereocenters. The number of carboxylic acids is 1. The van der Waals surface area contributed by atoms with Gasteiger partial charge in [-0.3, -0.25) is 4.79 Å². The second kappa shape index (κ2) is 5.28. The van der Waals surface area contributed by atoms with E-state index >= 15 is 0 Å². The Morgan fingerprint density at radius 2 is 1.95 bits per heavy atom. The predicted molar refractivity (Wildman–Crippen MR) is 67.2 cm³/mol. The van der Waals surface area contributed by atoms with E-state index in [1.54, 1.807) is 0 Å². The molecule has 0 aromatic heterocycles. The number of β-amino-alcohol motifs (C(OH)–C–C–N with tert-alkyl or cyclic N) is 1. The van der Waals surface area contributed by atoms with Gasteiger partial charge in [0, 0.05) is 13.1 Å². The molecular weight excluding hydrogens is 270 g/mol. The Morgan fingerprint density at radius 1 is 1.32 bits per heavy atom. The van der Waals surface area contributed by atoms with Crippen LogP contribution in [0.3, 0.4) is 0 Å². The minimum absolute atomic E-state index is 0.110. The van der Waals surface area contributed by atoms with E-state index in [2.05, 4.69) is 0 Å². The lowest BCUT2D eigenvalue weighted by atomic mass is 10.2. The topological polar surface area (TPSA) is 94.9 Å². The molecule has 0 radical (unpaired) electrons. The first-order chi connectivity index (χ1) is 8.89. The molecule has 104 valence electrons. The van der Waals surface area contributed by atoms with Crippen LogP contribution in [0.25, 0.3) is 0 Å². The van der Waals surface area contributed by atoms with E-state index in [4.69, 9.17) is 5.11 Å². The smallest absolute Gasteiger partial charge is 0.307 e. The molecule has 1 aromatic rings. The monoisotopic (exact) mass is 285 g/mol. The third-order valence-corrected chi connectivity index (χ3v) is 4.92. The Balaban J connectivity index is 2.19. The van der Waals surface area contributed by atoms with Gasteiger partial charge in [-0.15, -0.1) is 0 Å². The van der Waals surface area contributed by atoms with Crippen LogP contribution in [0.15, 0.2) is 29.2 Å². The van der Waals surface area contributed by atoms with Gasteiger partial charge in [0.15, 0.2) is 0 Å². The second-order valence-corrected chi connectivity index (χ2v) is 6.46. The Hall–Kier alpha value is -1.44. The summed E-state index contributed by atoms with van der Waals surface area (Å²) in [6.07, 6.45) is -0.305. The van der Waals surface area contributed by atoms with Crippen LogP contribution in [0, 0.1) is 0 Å². The Labute approximate surface area is 111 Å². The van der Waals surface area contributed by atoms with E-state index in [9.17, 15) is 18.3 Å². The summed E-state index contributed by atoms with van der Waals surface area (Å²) in [6.45, 7) is 0.416. The summed E-state index contributed by atoms with van der Waals surface area (Å²) < 4.78 is 25.7. The minimum atomic E-state index is -3.59. The molecule has 0 bridgehead atoms. The van der Waals surface area contributed by atoms with Crippen LogP contribution in [0.1, 0.15) is 12.0 Å². The molecule has 1 fully saturated rings. The van der Waals surface area contributed by atoms with Crippen molar-refractivity contribution in [2.75, 3.05) is 13.1 Å². The van der Waals surface area contributed by atoms with Crippen molar-refractivity contribution in [1.29, 1.82) is 0 Å². The average molecular weight is 285 g/mol. The first-order valence-corrected chi connectivity index (χ1v) is 7.32. The van der Waals surface area contributed by atoms with E-state index in [1.807, 2.05) is 0 Å². The number of benzene rings is 1. The molecule has 1 heterocycles. The zero-order valence-electron chi connectivity index (χ0n) is 10.2. The lowest BCUT2D eigenvalue weighted by Crippen LogP contribution is -2.29. The third-order valence-electron chi connectivity index (χ3n) is 3.04. The van der Waals surface area contributed by atoms with Gasteiger partial charge >= 0.3 is 5.97 Å². The maximum atomic E-state index is 12.2. The number of carboxylic acid groups (broad SMARTS) is 1. The van der Waals surface area contributed by atoms with E-state index in [0.717, 1.165) is 0 Å². The van der Waals surface area contributed by atoms with Gasteiger partial charge in [-0.1, -0.05) is 12.1 Å². The van der Waals surface area contributed by atoms with Crippen LogP contribution in [0.5, 0.6) is 0 Å². The maximum absolute atomic E-state index is 12.2. The molecule has 2 N–H and O–H groups in total. The van der Waals surface area contributed by atoms with Gasteiger partial charge in [0.1, 0.15) is 0 Å². The Morgan fingerprint density at radius 3 is 2.42 bits per heavy atom. The third kappa shape index (κ3) is 3.12. The molecular formula is C12H15NO5S. The highest BCUT2D eigenvalue weighted by Crippen LogP contribution is 2.21. The molecule has 0 amide bonds. The van der Waals surface area contributed by atoms with Crippen molar-refractivity contribution in [3.8, 4) is 0 Å². The highest BCUT2D eigenvalue weighted by molar-refractivity contribution is 7.89. The van der Waals surface area contributed by atoms with E-state index in [0.29, 0.717) is 18.5 Å². The predicted octanol–water partition coefficient (Wildman–Crippen LogP) is 0.0690. The molecule has 0 aliphatic carbocycles. The quantitative estimate of drug-likeness (QED) is 0.816. The highest BCUT2D eigenvalue weighted by Gasteiger charge is 2.31. The summed E-state index contributed by atoms with van der Waals surface area (Å²) >= 11 is 0. The number of aliphatic hydroxyl groups excluding tert-OH is 1. The van der Waals surface area contributed by atoms with Gasteiger partial charge in [0.2, 0.25) is 10.0 Å². The van der Waals surface area contributed by atoms with E-state index in [1.165, 1.54) is 28.6 Å². The molecule has 0 saturated carbocycles. The lowest BCUT2D eigenvalue weighted by molar-refractivity contribution is -0.136. The van der Waals surface area contributed by atoms with Gasteiger partial charge in [0.25, 0.3) is 0 Å². The number of aliphatic hydroxyl groups is 1. The van der Waals surface area contributed by atoms with Crippen LogP contribution >= 0.6 is 0 Å². The molecule has 6 nitrogen and oxygen atoms in total. The number of rotatable bonds is 4. The minimum Gasteiger partial charge on any atom is -0.481 e. The number of hydrogen-bond acceptors (Lipinski definition) is 4. The Kier molecular flexibility index (Phi) is 3.88. The van der Waals surface area contributed by atoms with E-state index < -0.39 is 22.1 Å². The van der Waals surface area contributed by atoms with Crippen molar-refractivity contribution in [2.24, 2.45) is 0 Å².